The number of nitrogens with one attached hydrogen (secondary N) is 3. The van der Waals surface area contributed by atoms with Crippen LogP contribution in [0.3, 0.4) is 0 Å². The van der Waals surface area contributed by atoms with Crippen LogP contribution in [0.15, 0.2) is 91.3 Å². The largest absolute Gasteiger partial charge is 0.453 e. The van der Waals surface area contributed by atoms with Gasteiger partial charge in [-0.2, -0.15) is 0 Å². The van der Waals surface area contributed by atoms with E-state index in [1.165, 1.54) is 7.11 Å². The zero-order chi connectivity index (χ0) is 35.5. The molecule has 12 nitrogen and oxygen atoms in total. The summed E-state index contributed by atoms with van der Waals surface area (Å²) in [7, 11) is 1.27. The number of likely N-dealkylation sites (tertiary alicyclic amines) is 2. The molecule has 3 amide bonds. The molecule has 0 radical (unpaired) electrons. The van der Waals surface area contributed by atoms with Crippen molar-refractivity contribution in [2.45, 2.75) is 56.8 Å². The van der Waals surface area contributed by atoms with E-state index >= 15 is 0 Å². The minimum absolute atomic E-state index is 0.0848. The predicted molar refractivity (Wildman–Crippen MR) is 193 cm³/mol. The summed E-state index contributed by atoms with van der Waals surface area (Å²) >= 11 is 0. The summed E-state index contributed by atoms with van der Waals surface area (Å²) < 4.78 is 4.64. The van der Waals surface area contributed by atoms with Crippen LogP contribution in [0.5, 0.6) is 0 Å². The topological polar surface area (TPSA) is 162 Å². The number of carbonyl (C=O) groups excluding carboxylic acids is 3. The Morgan fingerprint density at radius 2 is 1.22 bits per heavy atom. The van der Waals surface area contributed by atoms with Gasteiger partial charge in [0.25, 0.3) is 0 Å². The van der Waals surface area contributed by atoms with E-state index in [2.05, 4.69) is 78.5 Å². The van der Waals surface area contributed by atoms with E-state index in [4.69, 9.17) is 5.73 Å². The molecule has 0 saturated carbocycles. The van der Waals surface area contributed by atoms with Crippen LogP contribution < -0.4 is 11.1 Å². The van der Waals surface area contributed by atoms with Crippen LogP contribution in [0, 0.1) is 0 Å². The van der Waals surface area contributed by atoms with Crippen molar-refractivity contribution in [2.24, 2.45) is 5.73 Å². The van der Waals surface area contributed by atoms with Crippen LogP contribution in [0.25, 0.3) is 33.6 Å². The number of benzene rings is 3. The van der Waals surface area contributed by atoms with Crippen molar-refractivity contribution >= 4 is 17.9 Å². The molecule has 2 aliphatic rings. The standard InChI is InChI=1S/C39H42N8O4/c1-24(43-39(50)51-2)37(48)46-20-6-10-32(46)35-41-22-30(44-35)27-16-12-25(13-17-27)26-14-18-28(19-15-26)31-23-42-36(45-31)33-11-7-21-47(33)38(49)34(40)29-8-4-3-5-9-29/h3-5,8-9,12-19,22-24,32-34H,6-7,10-11,20-21,40H2,1-2H3,(H,41,44)(H,42,45)(H,43,50)/t24-,32?,33-,34+/m0/s1. The van der Waals surface area contributed by atoms with Gasteiger partial charge in [-0.15, -0.1) is 0 Å². The van der Waals surface area contributed by atoms with Crippen molar-refractivity contribution in [3.63, 3.8) is 0 Å². The van der Waals surface area contributed by atoms with E-state index in [0.29, 0.717) is 13.1 Å². The first-order chi connectivity index (χ1) is 24.8. The summed E-state index contributed by atoms with van der Waals surface area (Å²) in [4.78, 5) is 57.9. The molecular formula is C39H42N8O4. The SMILES string of the molecule is COC(=O)N[C@@H](C)C(=O)N1CCCC1c1ncc(-c2ccc(-c3ccc(-c4cnc([C@@H]5CCCN5C(=O)[C@H](N)c5ccccc5)[nH]4)cc3)cc2)[nH]1. The Bertz CT molecular complexity index is 1990. The van der Waals surface area contributed by atoms with Crippen molar-refractivity contribution in [1.29, 1.82) is 0 Å². The fourth-order valence-corrected chi connectivity index (χ4v) is 7.15. The number of hydrogen-bond donors (Lipinski definition) is 4. The lowest BCUT2D eigenvalue weighted by molar-refractivity contribution is -0.134. The molecule has 12 heteroatoms. The number of H-pyrrole nitrogens is 2. The molecule has 51 heavy (non-hydrogen) atoms. The minimum atomic E-state index is -0.701. The van der Waals surface area contributed by atoms with Crippen LogP contribution in [-0.4, -0.2) is 73.9 Å². The van der Waals surface area contributed by atoms with Gasteiger partial charge in [0.05, 0.1) is 43.0 Å². The van der Waals surface area contributed by atoms with E-state index < -0.39 is 18.2 Å². The minimum Gasteiger partial charge on any atom is -0.453 e. The lowest BCUT2D eigenvalue weighted by Crippen LogP contribution is -2.46. The maximum absolute atomic E-state index is 13.4. The lowest BCUT2D eigenvalue weighted by Gasteiger charge is -2.26. The third-order valence-corrected chi connectivity index (χ3v) is 9.93. The average molecular weight is 687 g/mol. The van der Waals surface area contributed by atoms with Gasteiger partial charge in [0.2, 0.25) is 11.8 Å². The first-order valence-corrected chi connectivity index (χ1v) is 17.4. The number of nitrogens with two attached hydrogens (primary N) is 1. The number of carbonyl (C=O) groups is 3. The molecule has 0 aliphatic carbocycles. The second kappa shape index (κ2) is 14.6. The molecule has 2 saturated heterocycles. The van der Waals surface area contributed by atoms with Crippen molar-refractivity contribution in [3.8, 4) is 33.6 Å². The third-order valence-electron chi connectivity index (χ3n) is 9.93. The number of aromatic nitrogens is 4. The average Bonchev–Trinajstić information content (AvgIpc) is 4.01. The molecule has 4 heterocycles. The molecule has 0 spiro atoms. The van der Waals surface area contributed by atoms with Crippen LogP contribution >= 0.6 is 0 Å². The molecule has 262 valence electrons. The second-order valence-corrected chi connectivity index (χ2v) is 13.1. The highest BCUT2D eigenvalue weighted by Crippen LogP contribution is 2.35. The molecule has 7 rings (SSSR count). The van der Waals surface area contributed by atoms with Gasteiger partial charge < -0.3 is 35.6 Å². The highest BCUT2D eigenvalue weighted by molar-refractivity contribution is 5.86. The van der Waals surface area contributed by atoms with Gasteiger partial charge in [0.1, 0.15) is 23.7 Å². The van der Waals surface area contributed by atoms with Gasteiger partial charge in [-0.1, -0.05) is 78.9 Å². The Kier molecular flexibility index (Phi) is 9.67. The van der Waals surface area contributed by atoms with Gasteiger partial charge in [0.15, 0.2) is 0 Å². The van der Waals surface area contributed by atoms with E-state index in [0.717, 1.165) is 76.5 Å². The van der Waals surface area contributed by atoms with E-state index in [9.17, 15) is 14.4 Å². The molecule has 4 atom stereocenters. The number of aromatic amines is 2. The normalized spacial score (nSPS) is 18.4. The van der Waals surface area contributed by atoms with Gasteiger partial charge in [0, 0.05) is 13.1 Å². The smallest absolute Gasteiger partial charge is 0.407 e. The summed E-state index contributed by atoms with van der Waals surface area (Å²) in [6.07, 6.45) is 6.38. The Morgan fingerprint density at radius 1 is 0.745 bits per heavy atom. The van der Waals surface area contributed by atoms with Crippen molar-refractivity contribution in [3.05, 3.63) is 108 Å². The van der Waals surface area contributed by atoms with Crippen molar-refractivity contribution in [1.82, 2.24) is 35.1 Å². The van der Waals surface area contributed by atoms with Crippen LogP contribution in [0.4, 0.5) is 4.79 Å². The number of hydrogen-bond acceptors (Lipinski definition) is 7. The summed E-state index contributed by atoms with van der Waals surface area (Å²) in [6, 6.07) is 24.4. The highest BCUT2D eigenvalue weighted by atomic mass is 16.5. The quantitative estimate of drug-likeness (QED) is 0.150. The molecule has 1 unspecified atom stereocenters. The van der Waals surface area contributed by atoms with E-state index in [1.807, 2.05) is 41.4 Å². The van der Waals surface area contributed by atoms with Gasteiger partial charge >= 0.3 is 6.09 Å². The maximum atomic E-state index is 13.4. The number of ether oxygens (including phenoxy) is 1. The fourth-order valence-electron chi connectivity index (χ4n) is 7.15. The summed E-state index contributed by atoms with van der Waals surface area (Å²) in [5, 5.41) is 2.56. The van der Waals surface area contributed by atoms with E-state index in [1.54, 1.807) is 18.0 Å². The van der Waals surface area contributed by atoms with Crippen molar-refractivity contribution in [2.75, 3.05) is 20.2 Å². The molecule has 0 bridgehead atoms. The number of amides is 3. The second-order valence-electron chi connectivity index (χ2n) is 13.1. The molecule has 5 N–H and O–H groups in total. The lowest BCUT2D eigenvalue weighted by atomic mass is 10.0. The van der Waals surface area contributed by atoms with Gasteiger partial charge in [-0.05, 0) is 60.4 Å². The third kappa shape index (κ3) is 7.00. The number of imidazole rings is 2. The summed E-state index contributed by atoms with van der Waals surface area (Å²) in [6.45, 7) is 2.92. The molecule has 2 fully saturated rings. The van der Waals surface area contributed by atoms with Crippen molar-refractivity contribution < 1.29 is 19.1 Å². The first-order valence-electron chi connectivity index (χ1n) is 17.4. The van der Waals surface area contributed by atoms with Crippen LogP contribution in [-0.2, 0) is 14.3 Å². The molecular weight excluding hydrogens is 644 g/mol. The zero-order valence-electron chi connectivity index (χ0n) is 28.7. The van der Waals surface area contributed by atoms with Gasteiger partial charge in [-0.3, -0.25) is 9.59 Å². The summed E-state index contributed by atoms with van der Waals surface area (Å²) in [5.41, 5.74) is 13.1. The number of alkyl carbamates (subject to hydrolysis) is 1. The maximum Gasteiger partial charge on any atom is 0.407 e. The molecule has 3 aromatic carbocycles. The predicted octanol–water partition coefficient (Wildman–Crippen LogP) is 5.91. The molecule has 5 aromatic rings. The van der Waals surface area contributed by atoms with Gasteiger partial charge in [-0.25, -0.2) is 14.8 Å². The Hall–Kier alpha value is -5.75. The molecule has 2 aromatic heterocycles. The zero-order valence-corrected chi connectivity index (χ0v) is 28.7. The molecule has 2 aliphatic heterocycles. The monoisotopic (exact) mass is 686 g/mol. The summed E-state index contributed by atoms with van der Waals surface area (Å²) in [5.74, 6) is 1.25. The first kappa shape index (κ1) is 33.7. The van der Waals surface area contributed by atoms with Crippen LogP contribution in [0.2, 0.25) is 0 Å². The fraction of sp³-hybridized carbons (Fsp3) is 0.308. The van der Waals surface area contributed by atoms with E-state index in [-0.39, 0.29) is 23.9 Å². The van der Waals surface area contributed by atoms with Crippen LogP contribution in [0.1, 0.15) is 67.9 Å². The highest BCUT2D eigenvalue weighted by Gasteiger charge is 2.36. The number of nitrogens with zero attached hydrogens (tertiary/aromatic N) is 4. The Morgan fingerprint density at radius 3 is 1.71 bits per heavy atom. The Labute approximate surface area is 296 Å². The Balaban J connectivity index is 0.995. The number of methoxy groups -OCH3 is 1. The number of rotatable bonds is 9.